The number of hydrogen-bond donors (Lipinski definition) is 3. The Hall–Kier alpha value is -4.40. The molecule has 0 unspecified atom stereocenters. The van der Waals surface area contributed by atoms with Crippen molar-refractivity contribution in [3.63, 3.8) is 0 Å². The molecular weight excluding hydrogens is 510 g/mol. The highest BCUT2D eigenvalue weighted by molar-refractivity contribution is 7.80. The Balaban J connectivity index is 1.23. The SMILES string of the molecule is Cc1ccc2oc(-c3cc(NC(=S)NC(=O)C=Cc4ccc(-c5ccc(Cl)cc5)o4)ccc3O)nc2c1. The molecule has 3 aromatic carbocycles. The van der Waals surface area contributed by atoms with E-state index in [0.29, 0.717) is 38.9 Å². The second-order valence-electron chi connectivity index (χ2n) is 8.21. The number of phenolic OH excluding ortho intramolecular Hbond substituents is 1. The molecule has 7 nitrogen and oxygen atoms in total. The number of aromatic hydroxyl groups is 1. The molecule has 0 aliphatic heterocycles. The van der Waals surface area contributed by atoms with E-state index in [1.807, 2.05) is 43.3 Å². The van der Waals surface area contributed by atoms with Crippen LogP contribution in [0.15, 0.2) is 87.7 Å². The molecule has 0 aliphatic rings. The van der Waals surface area contributed by atoms with Gasteiger partial charge in [0, 0.05) is 22.3 Å². The summed E-state index contributed by atoms with van der Waals surface area (Å²) in [5, 5.41) is 16.6. The number of carbonyl (C=O) groups is 1. The minimum absolute atomic E-state index is 0.00290. The zero-order valence-electron chi connectivity index (χ0n) is 19.5. The first kappa shape index (κ1) is 24.3. The minimum Gasteiger partial charge on any atom is -0.507 e. The van der Waals surface area contributed by atoms with Crippen LogP contribution in [0.3, 0.4) is 0 Å². The number of aryl methyl sites for hydroxylation is 1. The van der Waals surface area contributed by atoms with Gasteiger partial charge < -0.3 is 19.3 Å². The summed E-state index contributed by atoms with van der Waals surface area (Å²) in [6.45, 7) is 1.97. The Morgan fingerprint density at radius 3 is 2.65 bits per heavy atom. The Morgan fingerprint density at radius 1 is 1.03 bits per heavy atom. The number of benzene rings is 3. The molecule has 0 fully saturated rings. The predicted octanol–water partition coefficient (Wildman–Crippen LogP) is 6.95. The molecule has 0 saturated carbocycles. The third kappa shape index (κ3) is 5.72. The molecule has 2 heterocycles. The lowest BCUT2D eigenvalue weighted by Crippen LogP contribution is -2.32. The van der Waals surface area contributed by atoms with E-state index in [2.05, 4.69) is 15.6 Å². The van der Waals surface area contributed by atoms with Crippen LogP contribution in [0, 0.1) is 6.92 Å². The monoisotopic (exact) mass is 529 g/mol. The highest BCUT2D eigenvalue weighted by Crippen LogP contribution is 2.33. The normalized spacial score (nSPS) is 11.2. The van der Waals surface area contributed by atoms with Crippen LogP contribution in [-0.4, -0.2) is 21.1 Å². The third-order valence-electron chi connectivity index (χ3n) is 5.42. The van der Waals surface area contributed by atoms with Gasteiger partial charge in [0.15, 0.2) is 10.7 Å². The summed E-state index contributed by atoms with van der Waals surface area (Å²) in [4.78, 5) is 16.8. The van der Waals surface area contributed by atoms with Crippen LogP contribution >= 0.6 is 23.8 Å². The average Bonchev–Trinajstić information content (AvgIpc) is 3.51. The van der Waals surface area contributed by atoms with E-state index in [0.717, 1.165) is 11.1 Å². The van der Waals surface area contributed by atoms with Gasteiger partial charge in [0.25, 0.3) is 0 Å². The van der Waals surface area contributed by atoms with Gasteiger partial charge in [-0.15, -0.1) is 0 Å². The van der Waals surface area contributed by atoms with Crippen molar-refractivity contribution in [3.8, 4) is 28.5 Å². The van der Waals surface area contributed by atoms with Crippen LogP contribution in [0.4, 0.5) is 5.69 Å². The van der Waals surface area contributed by atoms with Crippen molar-refractivity contribution in [2.45, 2.75) is 6.92 Å². The summed E-state index contributed by atoms with van der Waals surface area (Å²) in [5.41, 5.74) is 4.17. The van der Waals surface area contributed by atoms with Crippen LogP contribution < -0.4 is 10.6 Å². The summed E-state index contributed by atoms with van der Waals surface area (Å²) >= 11 is 11.2. The van der Waals surface area contributed by atoms with E-state index >= 15 is 0 Å². The van der Waals surface area contributed by atoms with E-state index in [-0.39, 0.29) is 16.8 Å². The zero-order chi connectivity index (χ0) is 25.9. The lowest BCUT2D eigenvalue weighted by atomic mass is 10.1. The molecular formula is C28H20ClN3O4S. The summed E-state index contributed by atoms with van der Waals surface area (Å²) in [6, 6.07) is 21.3. The van der Waals surface area contributed by atoms with Crippen molar-refractivity contribution >= 4 is 57.7 Å². The van der Waals surface area contributed by atoms with Gasteiger partial charge in [0.1, 0.15) is 22.8 Å². The Bertz CT molecular complexity index is 1650. The van der Waals surface area contributed by atoms with E-state index in [1.165, 1.54) is 12.1 Å². The van der Waals surface area contributed by atoms with Gasteiger partial charge in [-0.2, -0.15) is 0 Å². The van der Waals surface area contributed by atoms with Gasteiger partial charge in [0.05, 0.1) is 5.56 Å². The molecule has 0 spiro atoms. The van der Waals surface area contributed by atoms with E-state index in [9.17, 15) is 9.90 Å². The lowest BCUT2D eigenvalue weighted by Gasteiger charge is -2.09. The van der Waals surface area contributed by atoms with Gasteiger partial charge in [-0.3, -0.25) is 10.1 Å². The molecule has 3 N–H and O–H groups in total. The average molecular weight is 530 g/mol. The standard InChI is InChI=1S/C28H20ClN3O4S/c1-16-2-11-25-22(14-16)31-27(36-25)21-15-19(7-10-23(21)33)30-28(37)32-26(34)13-9-20-8-12-24(35-20)17-3-5-18(29)6-4-17/h2-15,33H,1H3,(H2,30,32,34,37). The van der Waals surface area contributed by atoms with Crippen LogP contribution in [0.2, 0.25) is 5.02 Å². The number of amides is 1. The van der Waals surface area contributed by atoms with E-state index in [1.54, 1.807) is 36.4 Å². The van der Waals surface area contributed by atoms with E-state index < -0.39 is 5.91 Å². The molecule has 5 rings (SSSR count). The summed E-state index contributed by atoms with van der Waals surface area (Å²) in [5.74, 6) is 1.01. The summed E-state index contributed by atoms with van der Waals surface area (Å²) in [6.07, 6.45) is 2.87. The summed E-state index contributed by atoms with van der Waals surface area (Å²) in [7, 11) is 0. The van der Waals surface area contributed by atoms with Crippen molar-refractivity contribution < 1.29 is 18.7 Å². The Morgan fingerprint density at radius 2 is 1.84 bits per heavy atom. The molecule has 5 aromatic rings. The van der Waals surface area contributed by atoms with Gasteiger partial charge in [-0.05, 0) is 97.5 Å². The Labute approximate surface area is 222 Å². The zero-order valence-corrected chi connectivity index (χ0v) is 21.1. The number of nitrogens with zero attached hydrogens (tertiary/aromatic N) is 1. The predicted molar refractivity (Wildman–Crippen MR) is 148 cm³/mol. The summed E-state index contributed by atoms with van der Waals surface area (Å²) < 4.78 is 11.6. The molecule has 0 saturated heterocycles. The second kappa shape index (κ2) is 10.3. The van der Waals surface area contributed by atoms with Crippen molar-refractivity contribution in [1.29, 1.82) is 0 Å². The number of rotatable bonds is 5. The maximum absolute atomic E-state index is 12.4. The fraction of sp³-hybridized carbons (Fsp3) is 0.0357. The molecule has 9 heteroatoms. The maximum atomic E-state index is 12.4. The van der Waals surface area contributed by atoms with Crippen molar-refractivity contribution in [2.75, 3.05) is 5.32 Å². The molecule has 0 radical (unpaired) electrons. The maximum Gasteiger partial charge on any atom is 0.250 e. The number of furan rings is 1. The van der Waals surface area contributed by atoms with Crippen LogP contribution in [0.5, 0.6) is 5.75 Å². The highest BCUT2D eigenvalue weighted by atomic mass is 35.5. The molecule has 2 aromatic heterocycles. The molecule has 0 atom stereocenters. The number of carbonyl (C=O) groups excluding carboxylic acids is 1. The van der Waals surface area contributed by atoms with Gasteiger partial charge >= 0.3 is 0 Å². The number of thiocarbonyl (C=S) groups is 1. The molecule has 1 amide bonds. The first-order valence-electron chi connectivity index (χ1n) is 11.2. The Kier molecular flexibility index (Phi) is 6.76. The number of anilines is 1. The smallest absolute Gasteiger partial charge is 0.250 e. The third-order valence-corrected chi connectivity index (χ3v) is 5.88. The molecule has 37 heavy (non-hydrogen) atoms. The first-order chi connectivity index (χ1) is 17.8. The van der Waals surface area contributed by atoms with Gasteiger partial charge in [-0.1, -0.05) is 17.7 Å². The van der Waals surface area contributed by atoms with Gasteiger partial charge in [-0.25, -0.2) is 4.98 Å². The fourth-order valence-corrected chi connectivity index (χ4v) is 3.97. The van der Waals surface area contributed by atoms with Crippen molar-refractivity contribution in [2.24, 2.45) is 0 Å². The van der Waals surface area contributed by atoms with Crippen LogP contribution in [0.25, 0.3) is 40.0 Å². The topological polar surface area (TPSA) is 101 Å². The van der Waals surface area contributed by atoms with Crippen LogP contribution in [-0.2, 0) is 4.79 Å². The highest BCUT2D eigenvalue weighted by Gasteiger charge is 2.14. The van der Waals surface area contributed by atoms with Crippen molar-refractivity contribution in [3.05, 3.63) is 95.2 Å². The number of fused-ring (bicyclic) bond motifs is 1. The number of nitrogens with one attached hydrogen (secondary N) is 2. The quantitative estimate of drug-likeness (QED) is 0.129. The lowest BCUT2D eigenvalue weighted by molar-refractivity contribution is -0.115. The number of halogens is 1. The van der Waals surface area contributed by atoms with E-state index in [4.69, 9.17) is 32.7 Å². The largest absolute Gasteiger partial charge is 0.507 e. The molecule has 184 valence electrons. The van der Waals surface area contributed by atoms with Gasteiger partial charge in [0.2, 0.25) is 11.8 Å². The minimum atomic E-state index is -0.435. The number of aromatic nitrogens is 1. The number of phenols is 1. The van der Waals surface area contributed by atoms with Crippen molar-refractivity contribution in [1.82, 2.24) is 10.3 Å². The molecule has 0 bridgehead atoms. The fourth-order valence-electron chi connectivity index (χ4n) is 3.62. The molecule has 0 aliphatic carbocycles. The second-order valence-corrected chi connectivity index (χ2v) is 9.05. The number of oxazole rings is 1. The first-order valence-corrected chi connectivity index (χ1v) is 12.0. The van der Waals surface area contributed by atoms with Crippen LogP contribution in [0.1, 0.15) is 11.3 Å². The number of hydrogen-bond acceptors (Lipinski definition) is 6.